The molecule has 0 aliphatic rings. The fraction of sp³-hybridized carbons (Fsp3) is 0.182. The summed E-state index contributed by atoms with van der Waals surface area (Å²) in [7, 11) is 0. The van der Waals surface area contributed by atoms with Gasteiger partial charge in [-0.3, -0.25) is 9.59 Å². The second-order valence-electron chi connectivity index (χ2n) is 6.78. The van der Waals surface area contributed by atoms with Crippen molar-refractivity contribution in [2.24, 2.45) is 0 Å². The summed E-state index contributed by atoms with van der Waals surface area (Å²) in [6.45, 7) is 1.85. The van der Waals surface area contributed by atoms with Crippen LogP contribution in [0.1, 0.15) is 18.9 Å². The van der Waals surface area contributed by atoms with E-state index in [0.717, 1.165) is 25.8 Å². The molecule has 9 heteroatoms. The van der Waals surface area contributed by atoms with Crippen LogP contribution in [0.25, 0.3) is 10.2 Å². The Morgan fingerprint density at radius 3 is 2.74 bits per heavy atom. The summed E-state index contributed by atoms with van der Waals surface area (Å²) < 4.78 is 1.78. The molecule has 2 N–H and O–H groups in total. The maximum Gasteiger partial charge on any atom is 0.239 e. The molecule has 0 unspecified atom stereocenters. The first kappa shape index (κ1) is 21.5. The number of aryl methyl sites for hydroxylation is 1. The van der Waals surface area contributed by atoms with Crippen molar-refractivity contribution in [3.05, 3.63) is 65.7 Å². The summed E-state index contributed by atoms with van der Waals surface area (Å²) in [5.41, 5.74) is 2.74. The molecule has 4 rings (SSSR count). The second-order valence-corrected chi connectivity index (χ2v) is 10.3. The lowest BCUT2D eigenvalue weighted by molar-refractivity contribution is -0.116. The molecule has 0 aliphatic heterocycles. The quantitative estimate of drug-likeness (QED) is 0.336. The van der Waals surface area contributed by atoms with Gasteiger partial charge >= 0.3 is 0 Å². The molecule has 0 saturated carbocycles. The van der Waals surface area contributed by atoms with E-state index in [1.54, 1.807) is 6.20 Å². The minimum atomic E-state index is -0.304. The van der Waals surface area contributed by atoms with Crippen molar-refractivity contribution in [3.63, 3.8) is 0 Å². The van der Waals surface area contributed by atoms with E-state index >= 15 is 0 Å². The van der Waals surface area contributed by atoms with Crippen molar-refractivity contribution >= 4 is 67.3 Å². The van der Waals surface area contributed by atoms with Gasteiger partial charge in [0, 0.05) is 23.7 Å². The highest BCUT2D eigenvalue weighted by molar-refractivity contribution is 8.02. The Balaban J connectivity index is 1.35. The topological polar surface area (TPSA) is 84.0 Å². The monoisotopic (exact) mass is 468 g/mol. The van der Waals surface area contributed by atoms with Crippen LogP contribution in [0.2, 0.25) is 0 Å². The Labute approximate surface area is 192 Å². The molecule has 4 aromatic rings. The van der Waals surface area contributed by atoms with E-state index in [4.69, 9.17) is 0 Å². The molecule has 0 spiro atoms. The molecule has 0 fully saturated rings. The third kappa shape index (κ3) is 5.90. The van der Waals surface area contributed by atoms with E-state index in [1.807, 2.05) is 60.8 Å². The van der Waals surface area contributed by atoms with E-state index in [2.05, 4.69) is 20.6 Å². The largest absolute Gasteiger partial charge is 0.326 e. The van der Waals surface area contributed by atoms with E-state index in [0.29, 0.717) is 18.0 Å². The van der Waals surface area contributed by atoms with Crippen LogP contribution in [0.4, 0.5) is 10.8 Å². The lowest BCUT2D eigenvalue weighted by Crippen LogP contribution is -2.22. The zero-order valence-electron chi connectivity index (χ0n) is 16.7. The number of nitrogens with one attached hydrogen (secondary N) is 2. The summed E-state index contributed by atoms with van der Waals surface area (Å²) in [5.74, 6) is -0.125. The fourth-order valence-electron chi connectivity index (χ4n) is 2.85. The number of benzene rings is 2. The number of aromatic nitrogens is 2. The van der Waals surface area contributed by atoms with Crippen molar-refractivity contribution < 1.29 is 9.59 Å². The second kappa shape index (κ2) is 10.0. The summed E-state index contributed by atoms with van der Waals surface area (Å²) in [6, 6.07) is 15.6. The number of rotatable bonds is 8. The molecule has 0 saturated heterocycles. The molecule has 31 heavy (non-hydrogen) atoms. The van der Waals surface area contributed by atoms with E-state index < -0.39 is 0 Å². The van der Waals surface area contributed by atoms with Crippen LogP contribution < -0.4 is 10.6 Å². The van der Waals surface area contributed by atoms with Crippen molar-refractivity contribution in [1.82, 2.24) is 9.97 Å². The normalized spacial score (nSPS) is 11.9. The van der Waals surface area contributed by atoms with Crippen LogP contribution >= 0.6 is 34.4 Å². The molecule has 2 aromatic carbocycles. The van der Waals surface area contributed by atoms with Crippen LogP contribution in [0.3, 0.4) is 0 Å². The molecule has 6 nitrogen and oxygen atoms in total. The Kier molecular flexibility index (Phi) is 6.96. The molecule has 2 aromatic heterocycles. The van der Waals surface area contributed by atoms with Crippen molar-refractivity contribution in [2.45, 2.75) is 29.4 Å². The lowest BCUT2D eigenvalue weighted by atomic mass is 10.1. The number of hydrogen-bond donors (Lipinski definition) is 2. The zero-order valence-corrected chi connectivity index (χ0v) is 19.2. The van der Waals surface area contributed by atoms with Gasteiger partial charge < -0.3 is 10.6 Å². The predicted octanol–water partition coefficient (Wildman–Crippen LogP) is 5.44. The van der Waals surface area contributed by atoms with Crippen molar-refractivity contribution in [2.75, 3.05) is 10.6 Å². The summed E-state index contributed by atoms with van der Waals surface area (Å²) in [5, 5.41) is 7.87. The molecule has 0 bridgehead atoms. The number of anilines is 2. The average molecular weight is 469 g/mol. The zero-order chi connectivity index (χ0) is 21.6. The van der Waals surface area contributed by atoms with Gasteiger partial charge in [-0.05, 0) is 37.1 Å². The third-order valence-corrected chi connectivity index (χ3v) is 7.35. The molecule has 0 aliphatic carbocycles. The number of hydrogen-bond acceptors (Lipinski definition) is 7. The van der Waals surface area contributed by atoms with Gasteiger partial charge in [-0.25, -0.2) is 9.97 Å². The number of thiazole rings is 2. The number of carbonyl (C=O) groups is 2. The highest BCUT2D eigenvalue weighted by atomic mass is 32.2. The average Bonchev–Trinajstić information content (AvgIpc) is 3.42. The van der Waals surface area contributed by atoms with Gasteiger partial charge in [0.25, 0.3) is 0 Å². The molecule has 2 amide bonds. The molecular formula is C22H20N4O2S3. The number of thioether (sulfide) groups is 1. The van der Waals surface area contributed by atoms with Gasteiger partial charge in [0.05, 0.1) is 15.5 Å². The SMILES string of the molecule is C[C@H](Sc1nc2ccc(NC(=O)CCc3ccccc3)cc2s1)C(=O)Nc1nccs1. The predicted molar refractivity (Wildman–Crippen MR) is 129 cm³/mol. The summed E-state index contributed by atoms with van der Waals surface area (Å²) >= 11 is 4.31. The van der Waals surface area contributed by atoms with Gasteiger partial charge in [-0.2, -0.15) is 0 Å². The first-order valence-electron chi connectivity index (χ1n) is 9.68. The third-order valence-electron chi connectivity index (χ3n) is 4.45. The maximum atomic E-state index is 12.3. The number of fused-ring (bicyclic) bond motifs is 1. The highest BCUT2D eigenvalue weighted by Gasteiger charge is 2.18. The van der Waals surface area contributed by atoms with Gasteiger partial charge in [0.1, 0.15) is 0 Å². The Hall–Kier alpha value is -2.75. The van der Waals surface area contributed by atoms with E-state index in [9.17, 15) is 9.59 Å². The summed E-state index contributed by atoms with van der Waals surface area (Å²) in [6.07, 6.45) is 2.79. The van der Waals surface area contributed by atoms with Gasteiger partial charge in [0.15, 0.2) is 9.47 Å². The van der Waals surface area contributed by atoms with E-state index in [-0.39, 0.29) is 17.1 Å². The highest BCUT2D eigenvalue weighted by Crippen LogP contribution is 2.33. The maximum absolute atomic E-state index is 12.3. The van der Waals surface area contributed by atoms with Gasteiger partial charge in [-0.15, -0.1) is 22.7 Å². The number of nitrogens with zero attached hydrogens (tertiary/aromatic N) is 2. The van der Waals surface area contributed by atoms with Crippen molar-refractivity contribution in [1.29, 1.82) is 0 Å². The lowest BCUT2D eigenvalue weighted by Gasteiger charge is -2.07. The molecule has 0 radical (unpaired) electrons. The fourth-order valence-corrected chi connectivity index (χ4v) is 5.64. The van der Waals surface area contributed by atoms with Gasteiger partial charge in [0.2, 0.25) is 11.8 Å². The van der Waals surface area contributed by atoms with Crippen LogP contribution in [-0.2, 0) is 16.0 Å². The standard InChI is InChI=1S/C22H20N4O2S3/c1-14(20(28)26-21-23-11-12-29-21)30-22-25-17-9-8-16(13-18(17)31-22)24-19(27)10-7-15-5-3-2-4-6-15/h2-6,8-9,11-14H,7,10H2,1H3,(H,24,27)(H,23,26,28)/t14-/m0/s1. The number of carbonyl (C=O) groups excluding carboxylic acids is 2. The molecule has 1 atom stereocenters. The molecule has 158 valence electrons. The van der Waals surface area contributed by atoms with Crippen LogP contribution in [0.5, 0.6) is 0 Å². The Morgan fingerprint density at radius 2 is 1.97 bits per heavy atom. The van der Waals surface area contributed by atoms with E-state index in [1.165, 1.54) is 34.4 Å². The first-order valence-corrected chi connectivity index (χ1v) is 12.3. The van der Waals surface area contributed by atoms with Crippen molar-refractivity contribution in [3.8, 4) is 0 Å². The van der Waals surface area contributed by atoms with Gasteiger partial charge in [-0.1, -0.05) is 42.1 Å². The van der Waals surface area contributed by atoms with Crippen LogP contribution in [-0.4, -0.2) is 27.0 Å². The Morgan fingerprint density at radius 1 is 1.13 bits per heavy atom. The summed E-state index contributed by atoms with van der Waals surface area (Å²) in [4.78, 5) is 33.3. The molecular weight excluding hydrogens is 448 g/mol. The Bertz CT molecular complexity index is 1180. The first-order chi connectivity index (χ1) is 15.1. The number of amides is 2. The molecule has 2 heterocycles. The van der Waals surface area contributed by atoms with Crippen LogP contribution in [0, 0.1) is 0 Å². The smallest absolute Gasteiger partial charge is 0.239 e. The van der Waals surface area contributed by atoms with Crippen LogP contribution in [0.15, 0.2) is 64.4 Å². The minimum absolute atomic E-state index is 0.0187. The minimum Gasteiger partial charge on any atom is -0.326 e.